The first-order valence-corrected chi connectivity index (χ1v) is 6.89. The van der Waals surface area contributed by atoms with Crippen molar-refractivity contribution < 1.29 is 4.39 Å². The maximum absolute atomic E-state index is 13.0. The third kappa shape index (κ3) is 2.33. The number of halogens is 1. The number of fused-ring (bicyclic) bond motifs is 1. The molecule has 104 valence electrons. The van der Waals surface area contributed by atoms with Gasteiger partial charge in [-0.05, 0) is 48.6 Å². The van der Waals surface area contributed by atoms with Gasteiger partial charge < -0.3 is 10.3 Å². The third-order valence-corrected chi connectivity index (χ3v) is 3.82. The van der Waals surface area contributed by atoms with Gasteiger partial charge in [-0.2, -0.15) is 0 Å². The second kappa shape index (κ2) is 5.12. The molecule has 0 saturated carbocycles. The lowest BCUT2D eigenvalue weighted by Crippen LogP contribution is -2.46. The highest BCUT2D eigenvalue weighted by Crippen LogP contribution is 2.17. The molecule has 0 aliphatic heterocycles. The van der Waals surface area contributed by atoms with Crippen molar-refractivity contribution in [1.82, 2.24) is 4.57 Å². The first-order valence-electron chi connectivity index (χ1n) is 6.89. The standard InChI is InChI=1S/C16H17FN2O/c17-13-7-5-11(6-8-13)10-19-15-4-2-1-3-12(15)9-14(18)16(19)20/h3-5,7-9,11H,1-2,6,10,18H2. The van der Waals surface area contributed by atoms with Crippen LogP contribution in [0.25, 0.3) is 12.2 Å². The van der Waals surface area contributed by atoms with Crippen molar-refractivity contribution in [2.45, 2.75) is 25.8 Å². The monoisotopic (exact) mass is 272 g/mol. The lowest BCUT2D eigenvalue weighted by molar-refractivity contribution is 0.497. The molecule has 2 N–H and O–H groups in total. The fourth-order valence-corrected chi connectivity index (χ4v) is 2.76. The Morgan fingerprint density at radius 1 is 1.30 bits per heavy atom. The Balaban J connectivity index is 2.04. The molecule has 1 atom stereocenters. The summed E-state index contributed by atoms with van der Waals surface area (Å²) in [6, 6.07) is 1.75. The van der Waals surface area contributed by atoms with Gasteiger partial charge in [0.15, 0.2) is 0 Å². The molecule has 0 radical (unpaired) electrons. The summed E-state index contributed by atoms with van der Waals surface area (Å²) < 4.78 is 14.7. The average molecular weight is 272 g/mol. The van der Waals surface area contributed by atoms with Crippen LogP contribution < -0.4 is 21.9 Å². The first-order chi connectivity index (χ1) is 9.65. The van der Waals surface area contributed by atoms with Crippen molar-refractivity contribution in [2.24, 2.45) is 5.92 Å². The van der Waals surface area contributed by atoms with Gasteiger partial charge in [0.1, 0.15) is 5.83 Å². The number of hydrogen-bond acceptors (Lipinski definition) is 2. The van der Waals surface area contributed by atoms with Gasteiger partial charge in [0, 0.05) is 11.9 Å². The molecule has 1 aromatic heterocycles. The minimum atomic E-state index is -0.205. The van der Waals surface area contributed by atoms with Crippen molar-refractivity contribution in [3.05, 3.63) is 51.0 Å². The number of pyridine rings is 1. The summed E-state index contributed by atoms with van der Waals surface area (Å²) in [4.78, 5) is 12.3. The molecule has 0 bridgehead atoms. The quantitative estimate of drug-likeness (QED) is 0.880. The lowest BCUT2D eigenvalue weighted by atomic mass is 10.00. The zero-order chi connectivity index (χ0) is 14.1. The van der Waals surface area contributed by atoms with Crippen LogP contribution >= 0.6 is 0 Å². The number of anilines is 1. The predicted molar refractivity (Wildman–Crippen MR) is 79.0 cm³/mol. The first kappa shape index (κ1) is 12.9. The number of nitrogens with zero attached hydrogens (tertiary/aromatic N) is 1. The zero-order valence-electron chi connectivity index (χ0n) is 11.2. The van der Waals surface area contributed by atoms with Gasteiger partial charge in [-0.25, -0.2) is 4.39 Å². The Hall–Kier alpha value is -2.10. The molecule has 0 amide bonds. The molecule has 1 unspecified atom stereocenters. The Kier molecular flexibility index (Phi) is 3.30. The van der Waals surface area contributed by atoms with Crippen LogP contribution in [0.4, 0.5) is 10.1 Å². The SMILES string of the molecule is Nc1cc2c(n(CC3C=CC(F)=CC3)c1=O)=CCCC=2. The summed E-state index contributed by atoms with van der Waals surface area (Å²) in [7, 11) is 0. The van der Waals surface area contributed by atoms with E-state index in [-0.39, 0.29) is 23.0 Å². The fourth-order valence-electron chi connectivity index (χ4n) is 2.76. The Morgan fingerprint density at radius 3 is 2.85 bits per heavy atom. The van der Waals surface area contributed by atoms with Crippen LogP contribution in [0.5, 0.6) is 0 Å². The summed E-state index contributed by atoms with van der Waals surface area (Å²) in [6.45, 7) is 0.539. The Bertz CT molecular complexity index is 771. The van der Waals surface area contributed by atoms with E-state index in [2.05, 4.69) is 12.2 Å². The molecule has 0 fully saturated rings. The molecule has 3 rings (SSSR count). The summed E-state index contributed by atoms with van der Waals surface area (Å²) in [5, 5.41) is 1.97. The molecule has 2 aliphatic rings. The topological polar surface area (TPSA) is 48.0 Å². The summed E-state index contributed by atoms with van der Waals surface area (Å²) >= 11 is 0. The second-order valence-corrected chi connectivity index (χ2v) is 5.29. The van der Waals surface area contributed by atoms with Crippen molar-refractivity contribution in [2.75, 3.05) is 5.73 Å². The van der Waals surface area contributed by atoms with E-state index < -0.39 is 0 Å². The third-order valence-electron chi connectivity index (χ3n) is 3.82. The maximum Gasteiger partial charge on any atom is 0.274 e. The van der Waals surface area contributed by atoms with Crippen LogP contribution in [-0.4, -0.2) is 4.57 Å². The van der Waals surface area contributed by atoms with Crippen LogP contribution in [0, 0.1) is 5.92 Å². The van der Waals surface area contributed by atoms with Crippen molar-refractivity contribution in [1.29, 1.82) is 0 Å². The highest BCUT2D eigenvalue weighted by molar-refractivity contribution is 5.43. The summed E-state index contributed by atoms with van der Waals surface area (Å²) in [5.41, 5.74) is 5.94. The molecule has 1 aromatic rings. The van der Waals surface area contributed by atoms with E-state index in [0.29, 0.717) is 13.0 Å². The van der Waals surface area contributed by atoms with Gasteiger partial charge in [0.2, 0.25) is 0 Å². The number of rotatable bonds is 2. The highest BCUT2D eigenvalue weighted by Gasteiger charge is 2.13. The maximum atomic E-state index is 13.0. The van der Waals surface area contributed by atoms with Crippen LogP contribution in [0.1, 0.15) is 19.3 Å². The normalized spacial score (nSPS) is 20.6. The molecule has 1 heterocycles. The molecule has 0 aromatic carbocycles. The number of nitrogen functional groups attached to an aromatic ring is 1. The van der Waals surface area contributed by atoms with Gasteiger partial charge in [0.05, 0.1) is 5.69 Å². The number of nitrogens with two attached hydrogens (primary N) is 1. The molecule has 2 aliphatic carbocycles. The smallest absolute Gasteiger partial charge is 0.274 e. The van der Waals surface area contributed by atoms with Crippen LogP contribution in [0.3, 0.4) is 0 Å². The van der Waals surface area contributed by atoms with Crippen molar-refractivity contribution >= 4 is 17.8 Å². The van der Waals surface area contributed by atoms with E-state index in [1.54, 1.807) is 16.7 Å². The van der Waals surface area contributed by atoms with Crippen molar-refractivity contribution in [3.8, 4) is 0 Å². The van der Waals surface area contributed by atoms with E-state index in [9.17, 15) is 9.18 Å². The average Bonchev–Trinajstić information content (AvgIpc) is 2.46. The molecule has 20 heavy (non-hydrogen) atoms. The molecular formula is C16H17FN2O. The summed E-state index contributed by atoms with van der Waals surface area (Å²) in [5.74, 6) is -0.0727. The molecule has 3 nitrogen and oxygen atoms in total. The largest absolute Gasteiger partial charge is 0.394 e. The second-order valence-electron chi connectivity index (χ2n) is 5.29. The number of aromatic nitrogens is 1. The van der Waals surface area contributed by atoms with Gasteiger partial charge in [0.25, 0.3) is 5.56 Å². The fraction of sp³-hybridized carbons (Fsp3) is 0.312. The number of hydrogen-bond donors (Lipinski definition) is 1. The van der Waals surface area contributed by atoms with Crippen LogP contribution in [0.15, 0.2) is 34.9 Å². The molecule has 4 heteroatoms. The number of allylic oxidation sites excluding steroid dienone is 4. The van der Waals surface area contributed by atoms with E-state index >= 15 is 0 Å². The molecular weight excluding hydrogens is 255 g/mol. The predicted octanol–water partition coefficient (Wildman–Crippen LogP) is 1.21. The van der Waals surface area contributed by atoms with Crippen LogP contribution in [-0.2, 0) is 6.54 Å². The van der Waals surface area contributed by atoms with E-state index in [0.717, 1.165) is 23.4 Å². The highest BCUT2D eigenvalue weighted by atomic mass is 19.1. The Labute approximate surface area is 116 Å². The van der Waals surface area contributed by atoms with E-state index in [1.165, 1.54) is 6.08 Å². The minimum Gasteiger partial charge on any atom is -0.394 e. The van der Waals surface area contributed by atoms with Crippen molar-refractivity contribution in [3.63, 3.8) is 0 Å². The van der Waals surface area contributed by atoms with Gasteiger partial charge in [-0.3, -0.25) is 4.79 Å². The van der Waals surface area contributed by atoms with Crippen LogP contribution in [0.2, 0.25) is 0 Å². The molecule has 0 saturated heterocycles. The van der Waals surface area contributed by atoms with E-state index in [4.69, 9.17) is 5.73 Å². The molecule has 0 spiro atoms. The van der Waals surface area contributed by atoms with Gasteiger partial charge in [-0.15, -0.1) is 0 Å². The van der Waals surface area contributed by atoms with Gasteiger partial charge in [-0.1, -0.05) is 18.2 Å². The Morgan fingerprint density at radius 2 is 2.10 bits per heavy atom. The van der Waals surface area contributed by atoms with E-state index in [1.807, 2.05) is 6.08 Å². The zero-order valence-corrected chi connectivity index (χ0v) is 11.2. The lowest BCUT2D eigenvalue weighted by Gasteiger charge is -2.17. The van der Waals surface area contributed by atoms with Gasteiger partial charge >= 0.3 is 0 Å². The minimum absolute atomic E-state index is 0.133. The summed E-state index contributed by atoms with van der Waals surface area (Å²) in [6.07, 6.45) is 11.6.